The minimum absolute atomic E-state index is 0.0249. The van der Waals surface area contributed by atoms with Gasteiger partial charge in [0.15, 0.2) is 0 Å². The van der Waals surface area contributed by atoms with E-state index in [-0.39, 0.29) is 5.91 Å². The molecule has 0 bridgehead atoms. The van der Waals surface area contributed by atoms with Crippen molar-refractivity contribution in [3.63, 3.8) is 0 Å². The van der Waals surface area contributed by atoms with Gasteiger partial charge >= 0.3 is 0 Å². The van der Waals surface area contributed by atoms with Gasteiger partial charge in [0.1, 0.15) is 0 Å². The summed E-state index contributed by atoms with van der Waals surface area (Å²) in [5, 5.41) is 6.19. The summed E-state index contributed by atoms with van der Waals surface area (Å²) >= 11 is 0. The summed E-state index contributed by atoms with van der Waals surface area (Å²) < 4.78 is 0. The molecule has 21 heavy (non-hydrogen) atoms. The van der Waals surface area contributed by atoms with Gasteiger partial charge in [-0.2, -0.15) is 0 Å². The van der Waals surface area contributed by atoms with Gasteiger partial charge in [0.25, 0.3) is 0 Å². The molecule has 0 saturated carbocycles. The third kappa shape index (κ3) is 4.63. The lowest BCUT2D eigenvalue weighted by molar-refractivity contribution is -0.115. The van der Waals surface area contributed by atoms with E-state index in [2.05, 4.69) is 36.6 Å². The predicted octanol–water partition coefficient (Wildman–Crippen LogP) is 4.05. The van der Waals surface area contributed by atoms with E-state index in [1.54, 1.807) is 0 Å². The first-order valence-corrected chi connectivity index (χ1v) is 7.22. The Labute approximate surface area is 126 Å². The second-order valence-electron chi connectivity index (χ2n) is 5.39. The summed E-state index contributed by atoms with van der Waals surface area (Å²) in [7, 11) is 0. The Morgan fingerprint density at radius 2 is 1.76 bits per heavy atom. The molecule has 2 N–H and O–H groups in total. The molecule has 0 aliphatic rings. The molecule has 1 amide bonds. The first-order valence-electron chi connectivity index (χ1n) is 7.22. The van der Waals surface area contributed by atoms with Gasteiger partial charge in [-0.05, 0) is 61.7 Å². The van der Waals surface area contributed by atoms with Crippen LogP contribution in [0.3, 0.4) is 0 Å². The van der Waals surface area contributed by atoms with Crippen LogP contribution in [-0.2, 0) is 4.79 Å². The molecule has 0 aromatic heterocycles. The van der Waals surface area contributed by atoms with Gasteiger partial charge in [-0.1, -0.05) is 18.2 Å². The number of anilines is 2. The van der Waals surface area contributed by atoms with E-state index in [4.69, 9.17) is 0 Å². The van der Waals surface area contributed by atoms with E-state index in [0.717, 1.165) is 16.9 Å². The lowest BCUT2D eigenvalue weighted by atomic mass is 10.1. The summed E-state index contributed by atoms with van der Waals surface area (Å²) in [5.74, 6) is 0.0249. The zero-order chi connectivity index (χ0) is 15.2. The number of carbonyl (C=O) groups excluding carboxylic acids is 1. The Kier molecular flexibility index (Phi) is 4.99. The number of carbonyl (C=O) groups is 1. The number of aryl methyl sites for hydroxylation is 3. The molecule has 0 aliphatic heterocycles. The van der Waals surface area contributed by atoms with Gasteiger partial charge in [-0.25, -0.2) is 0 Å². The van der Waals surface area contributed by atoms with Crippen molar-refractivity contribution in [2.45, 2.75) is 27.2 Å². The predicted molar refractivity (Wildman–Crippen MR) is 88.8 cm³/mol. The molecule has 2 rings (SSSR count). The van der Waals surface area contributed by atoms with E-state index in [0.29, 0.717) is 13.0 Å². The molecule has 0 unspecified atom stereocenters. The molecule has 2 aromatic carbocycles. The minimum Gasteiger partial charge on any atom is -0.385 e. The normalized spacial score (nSPS) is 10.2. The van der Waals surface area contributed by atoms with E-state index in [1.807, 2.05) is 37.3 Å². The van der Waals surface area contributed by atoms with E-state index >= 15 is 0 Å². The summed E-state index contributed by atoms with van der Waals surface area (Å²) in [6.45, 7) is 6.82. The maximum Gasteiger partial charge on any atom is 0.226 e. The van der Waals surface area contributed by atoms with Crippen LogP contribution in [0.4, 0.5) is 11.4 Å². The quantitative estimate of drug-likeness (QED) is 0.868. The van der Waals surface area contributed by atoms with Gasteiger partial charge in [-0.3, -0.25) is 4.79 Å². The van der Waals surface area contributed by atoms with E-state index in [1.165, 1.54) is 11.1 Å². The summed E-state index contributed by atoms with van der Waals surface area (Å²) in [6.07, 6.45) is 0.445. The summed E-state index contributed by atoms with van der Waals surface area (Å²) in [5.41, 5.74) is 5.58. The van der Waals surface area contributed by atoms with Gasteiger partial charge in [0, 0.05) is 24.3 Å². The SMILES string of the molecule is Cc1cccc(NC(=O)CCNc2ccc(C)c(C)c2)c1. The topological polar surface area (TPSA) is 41.1 Å². The van der Waals surface area contributed by atoms with Gasteiger partial charge in [-0.15, -0.1) is 0 Å². The van der Waals surface area contributed by atoms with Crippen LogP contribution in [-0.4, -0.2) is 12.5 Å². The number of benzene rings is 2. The van der Waals surface area contributed by atoms with Crippen molar-refractivity contribution in [2.75, 3.05) is 17.2 Å². The van der Waals surface area contributed by atoms with Gasteiger partial charge in [0.05, 0.1) is 0 Å². The molecule has 3 nitrogen and oxygen atoms in total. The lowest BCUT2D eigenvalue weighted by Crippen LogP contribution is -2.16. The highest BCUT2D eigenvalue weighted by Crippen LogP contribution is 2.14. The molecule has 110 valence electrons. The van der Waals surface area contributed by atoms with Crippen molar-refractivity contribution in [3.05, 3.63) is 59.2 Å². The highest BCUT2D eigenvalue weighted by molar-refractivity contribution is 5.91. The summed E-state index contributed by atoms with van der Waals surface area (Å²) in [4.78, 5) is 11.9. The second kappa shape index (κ2) is 6.93. The zero-order valence-electron chi connectivity index (χ0n) is 12.9. The Balaban J connectivity index is 1.80. The van der Waals surface area contributed by atoms with Crippen molar-refractivity contribution in [2.24, 2.45) is 0 Å². The molecule has 0 fully saturated rings. The Morgan fingerprint density at radius 3 is 2.48 bits per heavy atom. The smallest absolute Gasteiger partial charge is 0.226 e. The van der Waals surface area contributed by atoms with Crippen molar-refractivity contribution in [1.29, 1.82) is 0 Å². The summed E-state index contributed by atoms with van der Waals surface area (Å²) in [6, 6.07) is 14.1. The first-order chi connectivity index (χ1) is 10.0. The Bertz CT molecular complexity index is 635. The van der Waals surface area contributed by atoms with Crippen LogP contribution in [0.1, 0.15) is 23.1 Å². The van der Waals surface area contributed by atoms with Crippen LogP contribution in [0.2, 0.25) is 0 Å². The largest absolute Gasteiger partial charge is 0.385 e. The number of hydrogen-bond acceptors (Lipinski definition) is 2. The van der Waals surface area contributed by atoms with Crippen LogP contribution < -0.4 is 10.6 Å². The lowest BCUT2D eigenvalue weighted by Gasteiger charge is -2.09. The molecule has 0 spiro atoms. The van der Waals surface area contributed by atoms with Crippen molar-refractivity contribution in [3.8, 4) is 0 Å². The average molecular weight is 282 g/mol. The first kappa shape index (κ1) is 15.1. The minimum atomic E-state index is 0.0249. The molecule has 0 aliphatic carbocycles. The molecule has 2 aromatic rings. The highest BCUT2D eigenvalue weighted by atomic mass is 16.1. The van der Waals surface area contributed by atoms with Crippen molar-refractivity contribution >= 4 is 17.3 Å². The fourth-order valence-corrected chi connectivity index (χ4v) is 2.12. The second-order valence-corrected chi connectivity index (χ2v) is 5.39. The van der Waals surface area contributed by atoms with Gasteiger partial charge < -0.3 is 10.6 Å². The molecule has 0 heterocycles. The highest BCUT2D eigenvalue weighted by Gasteiger charge is 2.03. The Hall–Kier alpha value is -2.29. The van der Waals surface area contributed by atoms with Crippen LogP contribution >= 0.6 is 0 Å². The number of nitrogens with one attached hydrogen (secondary N) is 2. The molecule has 0 saturated heterocycles. The fraction of sp³-hybridized carbons (Fsp3) is 0.278. The third-order valence-corrected chi connectivity index (χ3v) is 3.49. The van der Waals surface area contributed by atoms with Crippen LogP contribution in [0.25, 0.3) is 0 Å². The van der Waals surface area contributed by atoms with E-state index < -0.39 is 0 Å². The van der Waals surface area contributed by atoms with Crippen LogP contribution in [0.5, 0.6) is 0 Å². The molecule has 0 atom stereocenters. The average Bonchev–Trinajstić information content (AvgIpc) is 2.43. The van der Waals surface area contributed by atoms with Gasteiger partial charge in [0.2, 0.25) is 5.91 Å². The number of rotatable bonds is 5. The monoisotopic (exact) mass is 282 g/mol. The van der Waals surface area contributed by atoms with Crippen LogP contribution in [0.15, 0.2) is 42.5 Å². The standard InChI is InChI=1S/C18H22N2O/c1-13-5-4-6-17(11-13)20-18(21)9-10-19-16-8-7-14(2)15(3)12-16/h4-8,11-12,19H,9-10H2,1-3H3,(H,20,21). The zero-order valence-corrected chi connectivity index (χ0v) is 12.9. The molecule has 0 radical (unpaired) electrons. The van der Waals surface area contributed by atoms with Crippen molar-refractivity contribution in [1.82, 2.24) is 0 Å². The molecular weight excluding hydrogens is 260 g/mol. The van der Waals surface area contributed by atoms with Crippen LogP contribution in [0, 0.1) is 20.8 Å². The Morgan fingerprint density at radius 1 is 0.952 bits per heavy atom. The third-order valence-electron chi connectivity index (χ3n) is 3.49. The maximum absolute atomic E-state index is 11.9. The number of hydrogen-bond donors (Lipinski definition) is 2. The number of amides is 1. The maximum atomic E-state index is 11.9. The molecular formula is C18H22N2O. The molecule has 3 heteroatoms. The van der Waals surface area contributed by atoms with E-state index in [9.17, 15) is 4.79 Å². The van der Waals surface area contributed by atoms with Crippen molar-refractivity contribution < 1.29 is 4.79 Å². The fourth-order valence-electron chi connectivity index (χ4n) is 2.12.